The molecule has 0 heterocycles. The third-order valence-electron chi connectivity index (χ3n) is 3.34. The minimum absolute atomic E-state index is 0.499. The highest BCUT2D eigenvalue weighted by molar-refractivity contribution is 5.77. The van der Waals surface area contributed by atoms with Gasteiger partial charge in [-0.3, -0.25) is 4.79 Å². The number of hydrogen-bond acceptors (Lipinski definition) is 5. The Morgan fingerprint density at radius 3 is 2.25 bits per heavy atom. The number of carboxylic acids is 1. The van der Waals surface area contributed by atoms with Gasteiger partial charge in [-0.25, -0.2) is 0 Å². The van der Waals surface area contributed by atoms with Crippen LogP contribution in [0, 0.1) is 0 Å². The summed E-state index contributed by atoms with van der Waals surface area (Å²) < 4.78 is 10.2. The van der Waals surface area contributed by atoms with Crippen LogP contribution in [-0.2, 0) is 14.3 Å². The number of carbonyl (C=O) groups is 1. The van der Waals surface area contributed by atoms with E-state index in [0.29, 0.717) is 13.0 Å². The highest BCUT2D eigenvalue weighted by Gasteiger charge is 2.26. The van der Waals surface area contributed by atoms with Gasteiger partial charge in [-0.05, 0) is 39.2 Å². The topological polar surface area (TPSA) is 85.0 Å². The van der Waals surface area contributed by atoms with Gasteiger partial charge in [-0.1, -0.05) is 0 Å². The number of nitrogens with zero attached hydrogens (tertiary/aromatic N) is 1. The summed E-state index contributed by atoms with van der Waals surface area (Å²) >= 11 is 0. The van der Waals surface area contributed by atoms with Gasteiger partial charge in [0.05, 0.1) is 6.61 Å². The maximum atomic E-state index is 10.9. The molecule has 0 amide bonds. The van der Waals surface area contributed by atoms with Gasteiger partial charge >= 0.3 is 5.97 Å². The first-order valence-electron chi connectivity index (χ1n) is 7.16. The zero-order valence-electron chi connectivity index (χ0n) is 13.1. The van der Waals surface area contributed by atoms with E-state index in [1.165, 1.54) is 0 Å². The fraction of sp³-hybridized carbons (Fsp3) is 0.929. The van der Waals surface area contributed by atoms with Gasteiger partial charge in [0.1, 0.15) is 5.54 Å². The molecule has 0 fully saturated rings. The molecular formula is C14H30N2O4. The maximum Gasteiger partial charge on any atom is 0.323 e. The molecule has 0 aromatic heterocycles. The van der Waals surface area contributed by atoms with Crippen LogP contribution in [0.2, 0.25) is 0 Å². The second-order valence-electron chi connectivity index (χ2n) is 5.36. The summed E-state index contributed by atoms with van der Waals surface area (Å²) in [6.45, 7) is 5.81. The monoisotopic (exact) mass is 290 g/mol. The zero-order valence-corrected chi connectivity index (χ0v) is 13.1. The molecule has 0 rings (SSSR count). The van der Waals surface area contributed by atoms with Gasteiger partial charge in [0.2, 0.25) is 0 Å². The van der Waals surface area contributed by atoms with Crippen molar-refractivity contribution in [1.29, 1.82) is 0 Å². The van der Waals surface area contributed by atoms with Crippen LogP contribution in [0.25, 0.3) is 0 Å². The van der Waals surface area contributed by atoms with E-state index in [0.717, 1.165) is 45.5 Å². The van der Waals surface area contributed by atoms with Crippen molar-refractivity contribution in [3.63, 3.8) is 0 Å². The number of ether oxygens (including phenoxy) is 2. The lowest BCUT2D eigenvalue weighted by atomic mass is 9.96. The van der Waals surface area contributed by atoms with Crippen LogP contribution >= 0.6 is 0 Å². The van der Waals surface area contributed by atoms with Gasteiger partial charge in [0.15, 0.2) is 0 Å². The molecule has 0 radical (unpaired) electrons. The number of methoxy groups -OCH3 is 2. The Hall–Kier alpha value is -0.690. The van der Waals surface area contributed by atoms with Crippen molar-refractivity contribution in [2.75, 3.05) is 47.1 Å². The standard InChI is InChI=1S/C14H30N2O4/c1-14(15,13(17)18)7-4-5-8-16(10-12-20-3)9-6-11-19-2/h4-12,15H2,1-3H3,(H,17,18). The Morgan fingerprint density at radius 1 is 1.10 bits per heavy atom. The molecule has 0 bridgehead atoms. The SMILES string of the molecule is COCCCN(CCCCC(C)(N)C(=O)O)CCOC. The third-order valence-corrected chi connectivity index (χ3v) is 3.34. The van der Waals surface area contributed by atoms with E-state index in [2.05, 4.69) is 4.90 Å². The van der Waals surface area contributed by atoms with Gasteiger partial charge in [0, 0.05) is 33.9 Å². The molecule has 0 saturated carbocycles. The first-order valence-corrected chi connectivity index (χ1v) is 7.16. The number of unbranched alkanes of at least 4 members (excludes halogenated alkanes) is 1. The first kappa shape index (κ1) is 19.3. The highest BCUT2D eigenvalue weighted by Crippen LogP contribution is 2.11. The normalized spacial score (nSPS) is 14.4. The van der Waals surface area contributed by atoms with Gasteiger partial charge in [0.25, 0.3) is 0 Å². The van der Waals surface area contributed by atoms with E-state index < -0.39 is 11.5 Å². The Balaban J connectivity index is 3.90. The fourth-order valence-electron chi connectivity index (χ4n) is 1.92. The summed E-state index contributed by atoms with van der Waals surface area (Å²) in [5, 5.41) is 8.94. The lowest BCUT2D eigenvalue weighted by Gasteiger charge is -2.23. The van der Waals surface area contributed by atoms with Gasteiger partial charge < -0.3 is 25.2 Å². The van der Waals surface area contributed by atoms with E-state index in [9.17, 15) is 4.79 Å². The van der Waals surface area contributed by atoms with Crippen molar-refractivity contribution in [3.05, 3.63) is 0 Å². The zero-order chi connectivity index (χ0) is 15.4. The molecule has 0 aromatic rings. The quantitative estimate of drug-likeness (QED) is 0.491. The molecule has 6 heteroatoms. The number of aliphatic carboxylic acids is 1. The van der Waals surface area contributed by atoms with Gasteiger partial charge in [-0.2, -0.15) is 0 Å². The van der Waals surface area contributed by atoms with Crippen molar-refractivity contribution in [2.45, 2.75) is 38.1 Å². The average Bonchev–Trinajstić information content (AvgIpc) is 2.40. The molecule has 0 aliphatic heterocycles. The predicted octanol–water partition coefficient (Wildman–Crippen LogP) is 0.944. The van der Waals surface area contributed by atoms with Crippen molar-refractivity contribution < 1.29 is 19.4 Å². The van der Waals surface area contributed by atoms with E-state index in [4.69, 9.17) is 20.3 Å². The molecule has 20 heavy (non-hydrogen) atoms. The molecule has 1 unspecified atom stereocenters. The summed E-state index contributed by atoms with van der Waals surface area (Å²) in [5.41, 5.74) is 4.59. The highest BCUT2D eigenvalue weighted by atomic mass is 16.5. The molecule has 0 aliphatic rings. The Kier molecular flexibility index (Phi) is 10.6. The molecule has 0 aromatic carbocycles. The minimum atomic E-state index is -1.12. The second-order valence-corrected chi connectivity index (χ2v) is 5.36. The maximum absolute atomic E-state index is 10.9. The van der Waals surface area contributed by atoms with Crippen LogP contribution in [0.1, 0.15) is 32.6 Å². The third kappa shape index (κ3) is 9.25. The molecule has 6 nitrogen and oxygen atoms in total. The second kappa shape index (κ2) is 11.0. The van der Waals surface area contributed by atoms with Crippen LogP contribution in [0.5, 0.6) is 0 Å². The Labute approximate surface area is 122 Å². The van der Waals surface area contributed by atoms with Crippen LogP contribution in [0.15, 0.2) is 0 Å². The lowest BCUT2D eigenvalue weighted by Crippen LogP contribution is -2.44. The van der Waals surface area contributed by atoms with E-state index in [1.54, 1.807) is 21.1 Å². The van der Waals surface area contributed by atoms with E-state index in [-0.39, 0.29) is 0 Å². The predicted molar refractivity (Wildman–Crippen MR) is 78.9 cm³/mol. The fourth-order valence-corrected chi connectivity index (χ4v) is 1.92. The van der Waals surface area contributed by atoms with Crippen molar-refractivity contribution in [2.24, 2.45) is 5.73 Å². The minimum Gasteiger partial charge on any atom is -0.480 e. The Bertz CT molecular complexity index is 260. The molecule has 120 valence electrons. The molecule has 3 N–H and O–H groups in total. The smallest absolute Gasteiger partial charge is 0.323 e. The largest absolute Gasteiger partial charge is 0.480 e. The van der Waals surface area contributed by atoms with Crippen molar-refractivity contribution in [1.82, 2.24) is 4.90 Å². The summed E-state index contributed by atoms with van der Waals surface area (Å²) in [6, 6.07) is 0. The summed E-state index contributed by atoms with van der Waals surface area (Å²) in [7, 11) is 3.40. The molecule has 0 aliphatic carbocycles. The van der Waals surface area contributed by atoms with Crippen molar-refractivity contribution in [3.8, 4) is 0 Å². The summed E-state index contributed by atoms with van der Waals surface area (Å²) in [5.74, 6) is -0.936. The van der Waals surface area contributed by atoms with E-state index >= 15 is 0 Å². The number of carboxylic acid groups (broad SMARTS) is 1. The Morgan fingerprint density at radius 2 is 1.70 bits per heavy atom. The average molecular weight is 290 g/mol. The lowest BCUT2D eigenvalue weighted by molar-refractivity contribution is -0.142. The molecular weight excluding hydrogens is 260 g/mol. The summed E-state index contributed by atoms with van der Waals surface area (Å²) in [4.78, 5) is 13.2. The van der Waals surface area contributed by atoms with Crippen LogP contribution in [-0.4, -0.2) is 68.6 Å². The number of nitrogens with two attached hydrogens (primary N) is 1. The summed E-state index contributed by atoms with van der Waals surface area (Å²) in [6.07, 6.45) is 3.24. The molecule has 0 spiro atoms. The van der Waals surface area contributed by atoms with Crippen LogP contribution < -0.4 is 5.73 Å². The van der Waals surface area contributed by atoms with Crippen LogP contribution in [0.3, 0.4) is 0 Å². The van der Waals surface area contributed by atoms with E-state index in [1.807, 2.05) is 0 Å². The van der Waals surface area contributed by atoms with Gasteiger partial charge in [-0.15, -0.1) is 0 Å². The first-order chi connectivity index (χ1) is 9.44. The van der Waals surface area contributed by atoms with Crippen molar-refractivity contribution >= 4 is 5.97 Å². The molecule has 1 atom stereocenters. The number of hydrogen-bond donors (Lipinski definition) is 2. The number of rotatable bonds is 13. The molecule has 0 saturated heterocycles. The van der Waals surface area contributed by atoms with Crippen LogP contribution in [0.4, 0.5) is 0 Å².